The summed E-state index contributed by atoms with van der Waals surface area (Å²) in [5.41, 5.74) is 0.438. The van der Waals surface area contributed by atoms with Crippen LogP contribution in [0.4, 0.5) is 5.69 Å². The number of piperazine rings is 1. The summed E-state index contributed by atoms with van der Waals surface area (Å²) in [5.74, 6) is -1.27. The van der Waals surface area contributed by atoms with Gasteiger partial charge in [-0.1, -0.05) is 0 Å². The first-order chi connectivity index (χ1) is 9.60. The lowest BCUT2D eigenvalue weighted by molar-refractivity contribution is -0.144. The molecule has 1 aromatic carbocycles. The van der Waals surface area contributed by atoms with Crippen molar-refractivity contribution in [3.05, 3.63) is 24.3 Å². The van der Waals surface area contributed by atoms with Gasteiger partial charge in [-0.25, -0.2) is 0 Å². The van der Waals surface area contributed by atoms with Crippen LogP contribution in [-0.4, -0.2) is 59.3 Å². The largest absolute Gasteiger partial charge is 0.508 e. The van der Waals surface area contributed by atoms with Crippen molar-refractivity contribution in [3.8, 4) is 5.75 Å². The van der Waals surface area contributed by atoms with Crippen molar-refractivity contribution in [2.75, 3.05) is 31.5 Å². The molecular formula is C13H15N3O4. The number of phenols is 1. The van der Waals surface area contributed by atoms with Crippen molar-refractivity contribution >= 4 is 23.9 Å². The molecule has 2 N–H and O–H groups in total. The molecule has 1 aliphatic heterocycles. The standard InChI is InChI=1S/C13H15N3O4/c17-9-15-5-7-16(8-6-15)13(20)12(19)14-10-1-3-11(18)4-2-10/h1-4,9,18H,5-8H2,(H,14,19). The summed E-state index contributed by atoms with van der Waals surface area (Å²) in [6.07, 6.45) is 0.734. The number of hydrogen-bond acceptors (Lipinski definition) is 4. The zero-order valence-corrected chi connectivity index (χ0v) is 10.8. The van der Waals surface area contributed by atoms with E-state index in [1.807, 2.05) is 0 Å². The molecule has 0 saturated carbocycles. The molecule has 0 spiro atoms. The van der Waals surface area contributed by atoms with Crippen LogP contribution in [0.25, 0.3) is 0 Å². The number of benzene rings is 1. The minimum Gasteiger partial charge on any atom is -0.508 e. The molecule has 7 nitrogen and oxygen atoms in total. The predicted molar refractivity (Wildman–Crippen MR) is 71.0 cm³/mol. The van der Waals surface area contributed by atoms with E-state index in [1.54, 1.807) is 4.90 Å². The van der Waals surface area contributed by atoms with Crippen LogP contribution in [0.3, 0.4) is 0 Å². The summed E-state index contributed by atoms with van der Waals surface area (Å²) in [6.45, 7) is 1.56. The van der Waals surface area contributed by atoms with Gasteiger partial charge in [0.25, 0.3) is 0 Å². The van der Waals surface area contributed by atoms with E-state index in [2.05, 4.69) is 5.32 Å². The first-order valence-corrected chi connectivity index (χ1v) is 6.19. The molecule has 1 saturated heterocycles. The SMILES string of the molecule is O=CN1CCN(C(=O)C(=O)Nc2ccc(O)cc2)CC1. The fraction of sp³-hybridized carbons (Fsp3) is 0.308. The molecule has 1 aromatic rings. The Hall–Kier alpha value is -2.57. The Morgan fingerprint density at radius 3 is 2.25 bits per heavy atom. The third-order valence-corrected chi connectivity index (χ3v) is 3.07. The first-order valence-electron chi connectivity index (χ1n) is 6.19. The molecule has 3 amide bonds. The molecule has 2 rings (SSSR count). The topological polar surface area (TPSA) is 90.0 Å². The number of nitrogens with zero attached hydrogens (tertiary/aromatic N) is 2. The minimum absolute atomic E-state index is 0.0827. The van der Waals surface area contributed by atoms with Gasteiger partial charge in [-0.05, 0) is 24.3 Å². The van der Waals surface area contributed by atoms with Crippen LogP contribution < -0.4 is 5.32 Å². The van der Waals surface area contributed by atoms with Crippen molar-refractivity contribution < 1.29 is 19.5 Å². The molecule has 0 unspecified atom stereocenters. The van der Waals surface area contributed by atoms with Crippen molar-refractivity contribution in [2.45, 2.75) is 0 Å². The third-order valence-electron chi connectivity index (χ3n) is 3.07. The number of nitrogens with one attached hydrogen (secondary N) is 1. The number of carbonyl (C=O) groups is 3. The molecule has 0 bridgehead atoms. The van der Waals surface area contributed by atoms with Crippen LogP contribution in [0.1, 0.15) is 0 Å². The van der Waals surface area contributed by atoms with Gasteiger partial charge >= 0.3 is 11.8 Å². The van der Waals surface area contributed by atoms with Crippen LogP contribution in [0.2, 0.25) is 0 Å². The Bertz CT molecular complexity index is 507. The molecule has 0 aromatic heterocycles. The lowest BCUT2D eigenvalue weighted by Gasteiger charge is -2.31. The molecule has 0 aliphatic carbocycles. The highest BCUT2D eigenvalue weighted by molar-refractivity contribution is 6.39. The molecule has 1 heterocycles. The van der Waals surface area contributed by atoms with E-state index in [9.17, 15) is 14.4 Å². The maximum Gasteiger partial charge on any atom is 0.313 e. The van der Waals surface area contributed by atoms with Gasteiger partial charge in [0.2, 0.25) is 6.41 Å². The Balaban J connectivity index is 1.90. The zero-order chi connectivity index (χ0) is 14.5. The third kappa shape index (κ3) is 3.25. The molecule has 1 fully saturated rings. The number of amides is 3. The second-order valence-corrected chi connectivity index (χ2v) is 4.43. The van der Waals surface area contributed by atoms with Crippen LogP contribution in [0.5, 0.6) is 5.75 Å². The monoisotopic (exact) mass is 277 g/mol. The van der Waals surface area contributed by atoms with Crippen molar-refractivity contribution in [1.29, 1.82) is 0 Å². The minimum atomic E-state index is -0.727. The first kappa shape index (κ1) is 13.9. The number of rotatable bonds is 2. The van der Waals surface area contributed by atoms with Gasteiger partial charge in [0, 0.05) is 31.9 Å². The predicted octanol–water partition coefficient (Wildman–Crippen LogP) is -0.369. The van der Waals surface area contributed by atoms with Gasteiger partial charge in [-0.2, -0.15) is 0 Å². The van der Waals surface area contributed by atoms with Gasteiger partial charge in [0.15, 0.2) is 0 Å². The maximum absolute atomic E-state index is 11.9. The van der Waals surface area contributed by atoms with Crippen LogP contribution in [-0.2, 0) is 14.4 Å². The summed E-state index contributed by atoms with van der Waals surface area (Å²) >= 11 is 0. The van der Waals surface area contributed by atoms with E-state index in [1.165, 1.54) is 29.2 Å². The number of anilines is 1. The van der Waals surface area contributed by atoms with Gasteiger partial charge in [0.05, 0.1) is 0 Å². The molecule has 0 radical (unpaired) electrons. The summed E-state index contributed by atoms with van der Waals surface area (Å²) < 4.78 is 0. The van der Waals surface area contributed by atoms with Gasteiger partial charge in [-0.3, -0.25) is 14.4 Å². The molecule has 1 aliphatic rings. The van der Waals surface area contributed by atoms with Gasteiger partial charge < -0.3 is 20.2 Å². The molecule has 106 valence electrons. The number of phenolic OH excluding ortho intramolecular Hbond substituents is 1. The normalized spacial score (nSPS) is 14.8. The van der Waals surface area contributed by atoms with Crippen LogP contribution >= 0.6 is 0 Å². The average Bonchev–Trinajstić information content (AvgIpc) is 2.49. The Morgan fingerprint density at radius 1 is 1.10 bits per heavy atom. The van der Waals surface area contributed by atoms with E-state index in [4.69, 9.17) is 5.11 Å². The number of carbonyl (C=O) groups excluding carboxylic acids is 3. The van der Waals surface area contributed by atoms with Crippen molar-refractivity contribution in [1.82, 2.24) is 9.80 Å². The number of hydrogen-bond donors (Lipinski definition) is 2. The average molecular weight is 277 g/mol. The van der Waals surface area contributed by atoms with E-state index < -0.39 is 11.8 Å². The molecule has 20 heavy (non-hydrogen) atoms. The van der Waals surface area contributed by atoms with E-state index in [0.717, 1.165) is 6.41 Å². The lowest BCUT2D eigenvalue weighted by Crippen LogP contribution is -2.51. The summed E-state index contributed by atoms with van der Waals surface area (Å²) in [6, 6.07) is 5.85. The summed E-state index contributed by atoms with van der Waals surface area (Å²) in [4.78, 5) is 37.3. The van der Waals surface area contributed by atoms with Crippen molar-refractivity contribution in [3.63, 3.8) is 0 Å². The van der Waals surface area contributed by atoms with Gasteiger partial charge in [0.1, 0.15) is 5.75 Å². The van der Waals surface area contributed by atoms with Crippen molar-refractivity contribution in [2.24, 2.45) is 0 Å². The molecule has 7 heteroatoms. The summed E-state index contributed by atoms with van der Waals surface area (Å²) in [5, 5.41) is 11.6. The lowest BCUT2D eigenvalue weighted by atomic mass is 10.3. The zero-order valence-electron chi connectivity index (χ0n) is 10.8. The number of aromatic hydroxyl groups is 1. The smallest absolute Gasteiger partial charge is 0.313 e. The highest BCUT2D eigenvalue weighted by Crippen LogP contribution is 2.13. The Morgan fingerprint density at radius 2 is 1.70 bits per heavy atom. The van der Waals surface area contributed by atoms with E-state index >= 15 is 0 Å². The quantitative estimate of drug-likeness (QED) is 0.438. The van der Waals surface area contributed by atoms with Crippen LogP contribution in [0.15, 0.2) is 24.3 Å². The van der Waals surface area contributed by atoms with Gasteiger partial charge in [-0.15, -0.1) is 0 Å². The Kier molecular flexibility index (Phi) is 4.19. The maximum atomic E-state index is 11.9. The second kappa shape index (κ2) is 6.05. The summed E-state index contributed by atoms with van der Waals surface area (Å²) in [7, 11) is 0. The second-order valence-electron chi connectivity index (χ2n) is 4.43. The Labute approximate surface area is 115 Å². The fourth-order valence-corrected chi connectivity index (χ4v) is 1.90. The van der Waals surface area contributed by atoms with E-state index in [-0.39, 0.29) is 5.75 Å². The molecular weight excluding hydrogens is 262 g/mol. The molecule has 0 atom stereocenters. The highest BCUT2D eigenvalue weighted by Gasteiger charge is 2.25. The fourth-order valence-electron chi connectivity index (χ4n) is 1.90. The van der Waals surface area contributed by atoms with Crippen LogP contribution in [0, 0.1) is 0 Å². The van der Waals surface area contributed by atoms with E-state index in [0.29, 0.717) is 31.9 Å². The highest BCUT2D eigenvalue weighted by atomic mass is 16.3.